The summed E-state index contributed by atoms with van der Waals surface area (Å²) < 4.78 is 23.0. The Balaban J connectivity index is 1.86. The van der Waals surface area contributed by atoms with Gasteiger partial charge >= 0.3 is 5.97 Å². The monoisotopic (exact) mass is 321 g/mol. The number of esters is 1. The van der Waals surface area contributed by atoms with E-state index in [4.69, 9.17) is 4.42 Å². The highest BCUT2D eigenvalue weighted by molar-refractivity contribution is 5.91. The number of methoxy groups -OCH3 is 1. The summed E-state index contributed by atoms with van der Waals surface area (Å²) >= 11 is 0. The second-order valence-corrected chi connectivity index (χ2v) is 5.13. The Bertz CT molecular complexity index is 699. The van der Waals surface area contributed by atoms with Crippen molar-refractivity contribution < 1.29 is 28.0 Å². The first-order chi connectivity index (χ1) is 11.0. The van der Waals surface area contributed by atoms with Gasteiger partial charge in [-0.1, -0.05) is 6.07 Å². The Hall–Kier alpha value is -2.67. The normalized spacial score (nSPS) is 11.8. The summed E-state index contributed by atoms with van der Waals surface area (Å²) in [6.45, 7) is 0.596. The highest BCUT2D eigenvalue weighted by Crippen LogP contribution is 2.09. The number of likely N-dealkylation sites (N-methyl/N-ethyl adjacent to an activating group) is 1. The number of furan rings is 1. The Morgan fingerprint density at radius 2 is 2.09 bits per heavy atom. The minimum Gasteiger partial charge on any atom is -0.463 e. The van der Waals surface area contributed by atoms with E-state index < -0.39 is 11.8 Å². The van der Waals surface area contributed by atoms with Gasteiger partial charge in [0.15, 0.2) is 12.3 Å². The third-order valence-corrected chi connectivity index (χ3v) is 3.09. The van der Waals surface area contributed by atoms with Crippen LogP contribution in [0.2, 0.25) is 0 Å². The van der Waals surface area contributed by atoms with Gasteiger partial charge in [-0.05, 0) is 30.3 Å². The summed E-state index contributed by atoms with van der Waals surface area (Å²) in [7, 11) is 3.09. The molecule has 0 saturated carbocycles. The van der Waals surface area contributed by atoms with E-state index in [1.54, 1.807) is 12.1 Å². The van der Waals surface area contributed by atoms with Crippen LogP contribution >= 0.6 is 0 Å². The Morgan fingerprint density at radius 1 is 1.30 bits per heavy atom. The van der Waals surface area contributed by atoms with Gasteiger partial charge in [0.25, 0.3) is 5.91 Å². The van der Waals surface area contributed by atoms with Crippen LogP contribution < -0.4 is 10.2 Å². The summed E-state index contributed by atoms with van der Waals surface area (Å²) in [4.78, 5) is 24.1. The molecule has 1 amide bonds. The predicted molar refractivity (Wildman–Crippen MR) is 80.5 cm³/mol. The second-order valence-electron chi connectivity index (χ2n) is 5.13. The number of anilines is 1. The smallest absolute Gasteiger partial charge is 0.373 e. The number of quaternary nitrogens is 1. The number of ether oxygens (including phenoxy) is 1. The zero-order valence-electron chi connectivity index (χ0n) is 12.9. The van der Waals surface area contributed by atoms with Crippen LogP contribution in [0.4, 0.5) is 10.1 Å². The minimum atomic E-state index is -0.544. The summed E-state index contributed by atoms with van der Waals surface area (Å²) in [5, 5.41) is 2.63. The second kappa shape index (κ2) is 7.55. The first kappa shape index (κ1) is 16.7. The molecule has 23 heavy (non-hydrogen) atoms. The molecule has 0 aliphatic heterocycles. The third kappa shape index (κ3) is 4.93. The average molecular weight is 321 g/mol. The minimum absolute atomic E-state index is 0.125. The van der Waals surface area contributed by atoms with Crippen molar-refractivity contribution in [1.29, 1.82) is 0 Å². The number of halogens is 1. The number of hydrogen-bond donors (Lipinski definition) is 2. The molecule has 1 heterocycles. The van der Waals surface area contributed by atoms with E-state index in [-0.39, 0.29) is 18.2 Å². The Morgan fingerprint density at radius 3 is 2.78 bits per heavy atom. The predicted octanol–water partition coefficient (Wildman–Crippen LogP) is 0.859. The van der Waals surface area contributed by atoms with Crippen LogP contribution in [0.15, 0.2) is 40.8 Å². The van der Waals surface area contributed by atoms with E-state index in [9.17, 15) is 14.0 Å². The topological polar surface area (TPSA) is 73.0 Å². The molecular weight excluding hydrogens is 303 g/mol. The van der Waals surface area contributed by atoms with E-state index in [2.05, 4.69) is 10.1 Å². The van der Waals surface area contributed by atoms with Crippen molar-refractivity contribution in [2.24, 2.45) is 0 Å². The van der Waals surface area contributed by atoms with Crippen molar-refractivity contribution in [1.82, 2.24) is 0 Å². The zero-order valence-corrected chi connectivity index (χ0v) is 12.9. The van der Waals surface area contributed by atoms with Crippen molar-refractivity contribution in [2.45, 2.75) is 6.54 Å². The van der Waals surface area contributed by atoms with E-state index in [0.29, 0.717) is 18.0 Å². The van der Waals surface area contributed by atoms with Gasteiger partial charge in [0.05, 0.1) is 14.2 Å². The molecule has 0 bridgehead atoms. The highest BCUT2D eigenvalue weighted by atomic mass is 19.1. The van der Waals surface area contributed by atoms with E-state index in [1.807, 2.05) is 7.05 Å². The quantitative estimate of drug-likeness (QED) is 0.774. The maximum atomic E-state index is 13.1. The fourth-order valence-corrected chi connectivity index (χ4v) is 2.09. The van der Waals surface area contributed by atoms with Gasteiger partial charge in [-0.2, -0.15) is 0 Å². The molecule has 0 saturated heterocycles. The summed E-state index contributed by atoms with van der Waals surface area (Å²) in [5.74, 6) is -0.499. The Kier molecular flexibility index (Phi) is 5.48. The summed E-state index contributed by atoms with van der Waals surface area (Å²) in [5.41, 5.74) is 0.411. The number of carbonyl (C=O) groups is 2. The van der Waals surface area contributed by atoms with Crippen LogP contribution in [0.25, 0.3) is 0 Å². The zero-order chi connectivity index (χ0) is 16.8. The molecule has 0 fully saturated rings. The van der Waals surface area contributed by atoms with Crippen molar-refractivity contribution >= 4 is 17.6 Å². The maximum Gasteiger partial charge on any atom is 0.373 e. The molecular formula is C16H18FN2O4+. The first-order valence-corrected chi connectivity index (χ1v) is 7.01. The standard InChI is InChI=1S/C16H17FN2O4/c1-19(9-13-6-7-14(23-13)16(21)22-2)10-15(20)18-12-5-3-4-11(17)8-12/h3-8H,9-10H2,1-2H3,(H,18,20)/p+1. The SMILES string of the molecule is COC(=O)c1ccc(C[NH+](C)CC(=O)Nc2cccc(F)c2)o1. The van der Waals surface area contributed by atoms with Crippen LogP contribution in [0.3, 0.4) is 0 Å². The van der Waals surface area contributed by atoms with Crippen LogP contribution in [0.1, 0.15) is 16.3 Å². The van der Waals surface area contributed by atoms with Crippen LogP contribution in [0.5, 0.6) is 0 Å². The molecule has 1 aromatic heterocycles. The Labute approximate surface area is 132 Å². The van der Waals surface area contributed by atoms with Crippen molar-refractivity contribution in [3.8, 4) is 0 Å². The average Bonchev–Trinajstić information content (AvgIpc) is 2.94. The van der Waals surface area contributed by atoms with Crippen LogP contribution in [0, 0.1) is 5.82 Å². The van der Waals surface area contributed by atoms with Gasteiger partial charge in [0.2, 0.25) is 5.76 Å². The van der Waals surface area contributed by atoms with Crippen LogP contribution in [-0.2, 0) is 16.1 Å². The van der Waals surface area contributed by atoms with E-state index in [0.717, 1.165) is 4.90 Å². The summed E-state index contributed by atoms with van der Waals surface area (Å²) in [6.07, 6.45) is 0. The molecule has 6 nitrogen and oxygen atoms in total. The number of hydrogen-bond acceptors (Lipinski definition) is 4. The fourth-order valence-electron chi connectivity index (χ4n) is 2.09. The lowest BCUT2D eigenvalue weighted by atomic mass is 10.3. The van der Waals surface area contributed by atoms with Gasteiger partial charge in [-0.3, -0.25) is 4.79 Å². The highest BCUT2D eigenvalue weighted by Gasteiger charge is 2.16. The van der Waals surface area contributed by atoms with Gasteiger partial charge < -0.3 is 19.4 Å². The third-order valence-electron chi connectivity index (χ3n) is 3.09. The van der Waals surface area contributed by atoms with Gasteiger partial charge in [-0.25, -0.2) is 9.18 Å². The van der Waals surface area contributed by atoms with Crippen molar-refractivity contribution in [3.05, 3.63) is 53.7 Å². The molecule has 2 rings (SSSR count). The molecule has 1 atom stereocenters. The number of benzene rings is 1. The van der Waals surface area contributed by atoms with E-state index >= 15 is 0 Å². The molecule has 0 aliphatic carbocycles. The number of nitrogens with one attached hydrogen (secondary N) is 2. The largest absolute Gasteiger partial charge is 0.463 e. The maximum absolute atomic E-state index is 13.1. The number of carbonyl (C=O) groups excluding carboxylic acids is 2. The molecule has 2 aromatic rings. The van der Waals surface area contributed by atoms with Gasteiger partial charge in [0, 0.05) is 5.69 Å². The lowest BCUT2D eigenvalue weighted by molar-refractivity contribution is -0.886. The van der Waals surface area contributed by atoms with Gasteiger partial charge in [-0.15, -0.1) is 0 Å². The number of rotatable bonds is 6. The van der Waals surface area contributed by atoms with Crippen LogP contribution in [-0.4, -0.2) is 32.6 Å². The molecule has 0 radical (unpaired) electrons. The lowest BCUT2D eigenvalue weighted by Gasteiger charge is -2.12. The lowest BCUT2D eigenvalue weighted by Crippen LogP contribution is -3.08. The number of amides is 1. The van der Waals surface area contributed by atoms with Crippen molar-refractivity contribution in [2.75, 3.05) is 26.0 Å². The van der Waals surface area contributed by atoms with Gasteiger partial charge in [0.1, 0.15) is 12.4 Å². The molecule has 0 spiro atoms. The first-order valence-electron chi connectivity index (χ1n) is 7.01. The molecule has 7 heteroatoms. The summed E-state index contributed by atoms with van der Waals surface area (Å²) in [6, 6.07) is 8.90. The molecule has 122 valence electrons. The molecule has 2 N–H and O–H groups in total. The molecule has 0 aliphatic rings. The fraction of sp³-hybridized carbons (Fsp3) is 0.250. The molecule has 1 aromatic carbocycles. The molecule has 1 unspecified atom stereocenters. The van der Waals surface area contributed by atoms with E-state index in [1.165, 1.54) is 31.4 Å². The van der Waals surface area contributed by atoms with Crippen molar-refractivity contribution in [3.63, 3.8) is 0 Å².